The van der Waals surface area contributed by atoms with Crippen LogP contribution in [0.4, 0.5) is 4.39 Å². The van der Waals surface area contributed by atoms with Crippen molar-refractivity contribution >= 4 is 11.0 Å². The van der Waals surface area contributed by atoms with Gasteiger partial charge in [-0.25, -0.2) is 9.18 Å². The zero-order chi connectivity index (χ0) is 13.4. The SMILES string of the molecule is Cc1cccc2[nH]c(=O)n(Cc3cccc(F)c3)c12. The molecule has 0 radical (unpaired) electrons. The number of aromatic amines is 1. The number of nitrogens with one attached hydrogen (secondary N) is 1. The molecule has 1 heterocycles. The number of fused-ring (bicyclic) bond motifs is 1. The van der Waals surface area contributed by atoms with Crippen LogP contribution in [0.1, 0.15) is 11.1 Å². The van der Waals surface area contributed by atoms with Crippen molar-refractivity contribution in [3.8, 4) is 0 Å². The Bertz CT molecular complexity index is 801. The van der Waals surface area contributed by atoms with Gasteiger partial charge in [-0.1, -0.05) is 24.3 Å². The van der Waals surface area contributed by atoms with Crippen molar-refractivity contribution in [3.05, 3.63) is 69.9 Å². The fraction of sp³-hybridized carbons (Fsp3) is 0.133. The van der Waals surface area contributed by atoms with E-state index in [4.69, 9.17) is 0 Å². The number of hydrogen-bond donors (Lipinski definition) is 1. The van der Waals surface area contributed by atoms with Crippen LogP contribution in [-0.4, -0.2) is 9.55 Å². The second kappa shape index (κ2) is 4.39. The number of H-pyrrole nitrogens is 1. The van der Waals surface area contributed by atoms with E-state index in [2.05, 4.69) is 4.98 Å². The van der Waals surface area contributed by atoms with Crippen molar-refractivity contribution in [3.63, 3.8) is 0 Å². The Morgan fingerprint density at radius 2 is 2.00 bits per heavy atom. The van der Waals surface area contributed by atoms with Crippen LogP contribution in [0.2, 0.25) is 0 Å². The summed E-state index contributed by atoms with van der Waals surface area (Å²) in [6.45, 7) is 2.32. The summed E-state index contributed by atoms with van der Waals surface area (Å²) < 4.78 is 14.8. The minimum absolute atomic E-state index is 0.173. The summed E-state index contributed by atoms with van der Waals surface area (Å²) in [6.07, 6.45) is 0. The lowest BCUT2D eigenvalue weighted by molar-refractivity contribution is 0.623. The monoisotopic (exact) mass is 256 g/mol. The van der Waals surface area contributed by atoms with Crippen molar-refractivity contribution in [1.82, 2.24) is 9.55 Å². The van der Waals surface area contributed by atoms with E-state index in [0.717, 1.165) is 22.2 Å². The van der Waals surface area contributed by atoms with Crippen molar-refractivity contribution in [1.29, 1.82) is 0 Å². The molecule has 0 atom stereocenters. The first-order chi connectivity index (χ1) is 9.15. The molecule has 0 aliphatic rings. The largest absolute Gasteiger partial charge is 0.326 e. The van der Waals surface area contributed by atoms with Crippen LogP contribution in [0.25, 0.3) is 11.0 Å². The summed E-state index contributed by atoms with van der Waals surface area (Å²) in [7, 11) is 0. The molecule has 2 aromatic carbocycles. The number of rotatable bonds is 2. The molecule has 96 valence electrons. The van der Waals surface area contributed by atoms with Gasteiger partial charge in [0.25, 0.3) is 0 Å². The van der Waals surface area contributed by atoms with E-state index in [1.54, 1.807) is 10.6 Å². The maximum Gasteiger partial charge on any atom is 0.326 e. The van der Waals surface area contributed by atoms with E-state index in [0.29, 0.717) is 6.54 Å². The molecule has 0 saturated carbocycles. The molecular weight excluding hydrogens is 243 g/mol. The average molecular weight is 256 g/mol. The molecule has 3 aromatic rings. The molecule has 0 fully saturated rings. The molecule has 1 aromatic heterocycles. The highest BCUT2D eigenvalue weighted by atomic mass is 19.1. The van der Waals surface area contributed by atoms with Crippen molar-refractivity contribution in [2.75, 3.05) is 0 Å². The van der Waals surface area contributed by atoms with Gasteiger partial charge in [-0.05, 0) is 36.2 Å². The van der Waals surface area contributed by atoms with Gasteiger partial charge in [0.05, 0.1) is 17.6 Å². The number of hydrogen-bond acceptors (Lipinski definition) is 1. The van der Waals surface area contributed by atoms with Crippen LogP contribution < -0.4 is 5.69 Å². The third kappa shape index (κ3) is 2.05. The predicted molar refractivity (Wildman–Crippen MR) is 72.8 cm³/mol. The van der Waals surface area contributed by atoms with Crippen LogP contribution in [0.5, 0.6) is 0 Å². The van der Waals surface area contributed by atoms with E-state index in [9.17, 15) is 9.18 Å². The molecule has 3 rings (SSSR count). The van der Waals surface area contributed by atoms with Crippen molar-refractivity contribution in [2.24, 2.45) is 0 Å². The van der Waals surface area contributed by atoms with Crippen LogP contribution in [0.15, 0.2) is 47.3 Å². The number of halogens is 1. The van der Waals surface area contributed by atoms with E-state index in [1.165, 1.54) is 12.1 Å². The van der Waals surface area contributed by atoms with E-state index < -0.39 is 0 Å². The number of imidazole rings is 1. The average Bonchev–Trinajstić information content (AvgIpc) is 2.67. The maximum absolute atomic E-state index is 13.2. The molecule has 3 nitrogen and oxygen atoms in total. The van der Waals surface area contributed by atoms with Crippen LogP contribution in [0.3, 0.4) is 0 Å². The highest BCUT2D eigenvalue weighted by Crippen LogP contribution is 2.16. The molecule has 4 heteroatoms. The number of aryl methyl sites for hydroxylation is 1. The summed E-state index contributed by atoms with van der Waals surface area (Å²) in [5.41, 5.74) is 3.30. The second-order valence-electron chi connectivity index (χ2n) is 4.62. The van der Waals surface area contributed by atoms with Gasteiger partial charge in [0.2, 0.25) is 0 Å². The van der Waals surface area contributed by atoms with Crippen molar-refractivity contribution < 1.29 is 4.39 Å². The lowest BCUT2D eigenvalue weighted by Gasteiger charge is -2.05. The smallest absolute Gasteiger partial charge is 0.306 e. The first-order valence-corrected chi connectivity index (χ1v) is 6.08. The molecule has 0 spiro atoms. The van der Waals surface area contributed by atoms with Gasteiger partial charge in [0.1, 0.15) is 5.82 Å². The Labute approximate surface area is 109 Å². The number of para-hydroxylation sites is 1. The summed E-state index contributed by atoms with van der Waals surface area (Å²) in [5, 5.41) is 0. The quantitative estimate of drug-likeness (QED) is 0.752. The van der Waals surface area contributed by atoms with Crippen LogP contribution >= 0.6 is 0 Å². The highest BCUT2D eigenvalue weighted by Gasteiger charge is 2.09. The Balaban J connectivity index is 2.15. The summed E-state index contributed by atoms with van der Waals surface area (Å²) >= 11 is 0. The molecule has 19 heavy (non-hydrogen) atoms. The van der Waals surface area contributed by atoms with E-state index in [1.807, 2.05) is 31.2 Å². The Morgan fingerprint density at radius 1 is 1.21 bits per heavy atom. The normalized spacial score (nSPS) is 11.1. The molecular formula is C15H13FN2O. The van der Waals surface area contributed by atoms with Gasteiger partial charge in [-0.2, -0.15) is 0 Å². The molecule has 0 bridgehead atoms. The molecule has 0 saturated heterocycles. The third-order valence-electron chi connectivity index (χ3n) is 3.22. The van der Waals surface area contributed by atoms with Gasteiger partial charge in [-0.15, -0.1) is 0 Å². The lowest BCUT2D eigenvalue weighted by Crippen LogP contribution is -2.17. The third-order valence-corrected chi connectivity index (χ3v) is 3.22. The van der Waals surface area contributed by atoms with Crippen molar-refractivity contribution in [2.45, 2.75) is 13.5 Å². The Kier molecular flexibility index (Phi) is 2.71. The number of benzene rings is 2. The van der Waals surface area contributed by atoms with Crippen LogP contribution in [-0.2, 0) is 6.54 Å². The standard InChI is InChI=1S/C15H13FN2O/c1-10-4-2-7-13-14(10)18(15(19)17-13)9-11-5-3-6-12(16)8-11/h2-8H,9H2,1H3,(H,17,19). The first-order valence-electron chi connectivity index (χ1n) is 6.08. The van der Waals surface area contributed by atoms with Gasteiger partial charge >= 0.3 is 5.69 Å². The molecule has 0 aliphatic carbocycles. The molecule has 0 aliphatic heterocycles. The van der Waals surface area contributed by atoms with Gasteiger partial charge < -0.3 is 4.98 Å². The second-order valence-corrected chi connectivity index (χ2v) is 4.62. The zero-order valence-electron chi connectivity index (χ0n) is 10.5. The van der Waals surface area contributed by atoms with E-state index >= 15 is 0 Å². The number of nitrogens with zero attached hydrogens (tertiary/aromatic N) is 1. The number of aromatic nitrogens is 2. The van der Waals surface area contributed by atoms with Gasteiger partial charge in [0, 0.05) is 0 Å². The van der Waals surface area contributed by atoms with Gasteiger partial charge in [0.15, 0.2) is 0 Å². The molecule has 1 N–H and O–H groups in total. The van der Waals surface area contributed by atoms with Crippen LogP contribution in [0, 0.1) is 12.7 Å². The fourth-order valence-corrected chi connectivity index (χ4v) is 2.37. The van der Waals surface area contributed by atoms with Gasteiger partial charge in [-0.3, -0.25) is 4.57 Å². The topological polar surface area (TPSA) is 37.8 Å². The lowest BCUT2D eigenvalue weighted by atomic mass is 10.2. The Morgan fingerprint density at radius 3 is 2.79 bits per heavy atom. The predicted octanol–water partition coefficient (Wildman–Crippen LogP) is 2.83. The maximum atomic E-state index is 13.2. The summed E-state index contributed by atoms with van der Waals surface area (Å²) in [4.78, 5) is 14.8. The first kappa shape index (κ1) is 11.7. The fourth-order valence-electron chi connectivity index (χ4n) is 2.37. The summed E-state index contributed by atoms with van der Waals surface area (Å²) in [5.74, 6) is -0.290. The molecule has 0 unspecified atom stereocenters. The molecule has 0 amide bonds. The zero-order valence-corrected chi connectivity index (χ0v) is 10.5. The van der Waals surface area contributed by atoms with E-state index in [-0.39, 0.29) is 11.5 Å². The minimum atomic E-state index is -0.290. The summed E-state index contributed by atoms with van der Waals surface area (Å²) in [6, 6.07) is 12.0. The highest BCUT2D eigenvalue weighted by molar-refractivity contribution is 5.78. The Hall–Kier alpha value is -2.36. The minimum Gasteiger partial charge on any atom is -0.306 e.